The molecule has 2 aliphatic heterocycles. The fraction of sp³-hybridized carbons (Fsp3) is 0.938. The Hall–Kier alpha value is -0.0700. The average molecular weight is 369 g/mol. The molecule has 23 heavy (non-hydrogen) atoms. The van der Waals surface area contributed by atoms with Gasteiger partial charge >= 0.3 is 0 Å². The van der Waals surface area contributed by atoms with Gasteiger partial charge in [-0.05, 0) is 39.7 Å². The number of hydrogen-bond acceptors (Lipinski definition) is 4. The first-order chi connectivity index (χ1) is 10.1. The molecule has 5 nitrogen and oxygen atoms in total. The molecule has 1 amide bonds. The van der Waals surface area contributed by atoms with Gasteiger partial charge in [0.1, 0.15) is 0 Å². The van der Waals surface area contributed by atoms with Gasteiger partial charge in [-0.1, -0.05) is 0 Å². The summed E-state index contributed by atoms with van der Waals surface area (Å²) in [6.45, 7) is 11.4. The van der Waals surface area contributed by atoms with Gasteiger partial charge in [0, 0.05) is 57.8 Å². The molecule has 2 unspecified atom stereocenters. The van der Waals surface area contributed by atoms with Gasteiger partial charge in [-0.3, -0.25) is 14.6 Å². The van der Waals surface area contributed by atoms with Crippen molar-refractivity contribution in [3.63, 3.8) is 0 Å². The lowest BCUT2D eigenvalue weighted by Gasteiger charge is -2.36. The highest BCUT2D eigenvalue weighted by molar-refractivity contribution is 5.85. The minimum absolute atomic E-state index is 0. The summed E-state index contributed by atoms with van der Waals surface area (Å²) in [6.07, 6.45) is 4.10. The van der Waals surface area contributed by atoms with Gasteiger partial charge in [-0.25, -0.2) is 0 Å². The van der Waals surface area contributed by atoms with Crippen LogP contribution in [0.4, 0.5) is 0 Å². The summed E-state index contributed by atoms with van der Waals surface area (Å²) in [5, 5.41) is 0. The Morgan fingerprint density at radius 2 is 1.57 bits per heavy atom. The Morgan fingerprint density at radius 1 is 1.00 bits per heavy atom. The van der Waals surface area contributed by atoms with Gasteiger partial charge in [0.15, 0.2) is 0 Å². The number of rotatable bonds is 6. The smallest absolute Gasteiger partial charge is 0.222 e. The van der Waals surface area contributed by atoms with Crippen molar-refractivity contribution >= 4 is 30.7 Å². The van der Waals surface area contributed by atoms with Crippen LogP contribution in [0.2, 0.25) is 0 Å². The summed E-state index contributed by atoms with van der Waals surface area (Å²) >= 11 is 0. The molecule has 0 radical (unpaired) electrons. The van der Waals surface area contributed by atoms with E-state index in [0.717, 1.165) is 51.2 Å². The maximum Gasteiger partial charge on any atom is 0.222 e. The Balaban J connectivity index is 0.00000242. The van der Waals surface area contributed by atoms with Gasteiger partial charge in [0.2, 0.25) is 5.91 Å². The molecule has 0 spiro atoms. The lowest BCUT2D eigenvalue weighted by molar-refractivity contribution is -0.133. The number of halogens is 2. The number of nitrogens with zero attached hydrogens (tertiary/aromatic N) is 3. The number of hydrogen-bond donors (Lipinski definition) is 1. The van der Waals surface area contributed by atoms with Gasteiger partial charge in [0.05, 0.1) is 0 Å². The number of nitrogens with two attached hydrogens (primary N) is 1. The Labute approximate surface area is 153 Å². The van der Waals surface area contributed by atoms with Crippen LogP contribution in [0.5, 0.6) is 0 Å². The average Bonchev–Trinajstić information content (AvgIpc) is 2.82. The van der Waals surface area contributed by atoms with E-state index < -0.39 is 0 Å². The highest BCUT2D eigenvalue weighted by Crippen LogP contribution is 2.22. The molecule has 2 N–H and O–H groups in total. The van der Waals surface area contributed by atoms with E-state index in [9.17, 15) is 4.79 Å². The largest absolute Gasteiger partial charge is 0.340 e. The van der Waals surface area contributed by atoms with Crippen molar-refractivity contribution in [1.82, 2.24) is 14.7 Å². The third kappa shape index (κ3) is 6.75. The van der Waals surface area contributed by atoms with Crippen molar-refractivity contribution in [1.29, 1.82) is 0 Å². The Morgan fingerprint density at radius 3 is 2.09 bits per heavy atom. The quantitative estimate of drug-likeness (QED) is 0.773. The molecule has 2 saturated heterocycles. The van der Waals surface area contributed by atoms with Gasteiger partial charge in [0.25, 0.3) is 0 Å². The van der Waals surface area contributed by atoms with Crippen molar-refractivity contribution in [2.24, 2.45) is 5.73 Å². The van der Waals surface area contributed by atoms with Crippen molar-refractivity contribution in [3.8, 4) is 0 Å². The summed E-state index contributed by atoms with van der Waals surface area (Å²) in [5.41, 5.74) is 5.47. The molecule has 2 heterocycles. The molecule has 0 aliphatic carbocycles. The second-order valence-corrected chi connectivity index (χ2v) is 6.63. The predicted molar refractivity (Wildman–Crippen MR) is 101 cm³/mol. The van der Waals surface area contributed by atoms with E-state index in [2.05, 4.69) is 23.6 Å². The molecule has 7 heteroatoms. The van der Waals surface area contributed by atoms with E-state index in [4.69, 9.17) is 5.73 Å². The summed E-state index contributed by atoms with van der Waals surface area (Å²) < 4.78 is 0. The topological polar surface area (TPSA) is 52.8 Å². The molecular weight excluding hydrogens is 335 g/mol. The zero-order chi connectivity index (χ0) is 15.2. The number of carbonyl (C=O) groups is 1. The first kappa shape index (κ1) is 22.9. The molecule has 2 atom stereocenters. The lowest BCUT2D eigenvalue weighted by atomic mass is 10.2. The second kappa shape index (κ2) is 11.5. The van der Waals surface area contributed by atoms with Crippen LogP contribution in [-0.2, 0) is 4.79 Å². The molecule has 138 valence electrons. The highest BCUT2D eigenvalue weighted by atomic mass is 35.5. The number of amides is 1. The van der Waals surface area contributed by atoms with Crippen LogP contribution in [0, 0.1) is 0 Å². The standard InChI is InChI=1S/C16H32N4O.2ClH/c1-14-5-6-15(2)20(14)13-10-18-8-11-19(12-9-18)16(21)4-3-7-17;;/h14-15H,3-13,17H2,1-2H3;2*1H. The maximum absolute atomic E-state index is 12.0. The summed E-state index contributed by atoms with van der Waals surface area (Å²) in [4.78, 5) is 19.1. The lowest BCUT2D eigenvalue weighted by Crippen LogP contribution is -2.50. The number of likely N-dealkylation sites (tertiary alicyclic amines) is 1. The summed E-state index contributed by atoms with van der Waals surface area (Å²) in [6, 6.07) is 1.47. The van der Waals surface area contributed by atoms with Gasteiger partial charge < -0.3 is 10.6 Å². The molecule has 2 aliphatic rings. The molecule has 0 saturated carbocycles. The van der Waals surface area contributed by atoms with Crippen LogP contribution >= 0.6 is 24.8 Å². The van der Waals surface area contributed by atoms with E-state index in [1.54, 1.807) is 0 Å². The van der Waals surface area contributed by atoms with Crippen LogP contribution in [0.15, 0.2) is 0 Å². The van der Waals surface area contributed by atoms with Gasteiger partial charge in [-0.2, -0.15) is 0 Å². The van der Waals surface area contributed by atoms with Crippen LogP contribution in [-0.4, -0.2) is 78.5 Å². The third-order valence-electron chi connectivity index (χ3n) is 5.13. The monoisotopic (exact) mass is 368 g/mol. The van der Waals surface area contributed by atoms with Crippen LogP contribution < -0.4 is 5.73 Å². The zero-order valence-corrected chi connectivity index (χ0v) is 16.2. The van der Waals surface area contributed by atoms with Crippen molar-refractivity contribution < 1.29 is 4.79 Å². The minimum Gasteiger partial charge on any atom is -0.340 e. The predicted octanol–water partition coefficient (Wildman–Crippen LogP) is 1.59. The van der Waals surface area contributed by atoms with Crippen molar-refractivity contribution in [2.45, 2.75) is 51.6 Å². The van der Waals surface area contributed by atoms with E-state index in [0.29, 0.717) is 13.0 Å². The number of piperazine rings is 1. The molecule has 0 aromatic heterocycles. The van der Waals surface area contributed by atoms with Crippen molar-refractivity contribution in [2.75, 3.05) is 45.8 Å². The van der Waals surface area contributed by atoms with E-state index in [-0.39, 0.29) is 30.7 Å². The third-order valence-corrected chi connectivity index (χ3v) is 5.13. The van der Waals surface area contributed by atoms with E-state index in [1.165, 1.54) is 19.4 Å². The fourth-order valence-corrected chi connectivity index (χ4v) is 3.58. The summed E-state index contributed by atoms with van der Waals surface area (Å²) in [5.74, 6) is 0.280. The van der Waals surface area contributed by atoms with E-state index in [1.807, 2.05) is 4.90 Å². The van der Waals surface area contributed by atoms with Crippen LogP contribution in [0.1, 0.15) is 39.5 Å². The van der Waals surface area contributed by atoms with Crippen molar-refractivity contribution in [3.05, 3.63) is 0 Å². The first-order valence-electron chi connectivity index (χ1n) is 8.57. The molecule has 2 fully saturated rings. The molecule has 0 aromatic rings. The second-order valence-electron chi connectivity index (χ2n) is 6.63. The first-order valence-corrected chi connectivity index (χ1v) is 8.57. The molecule has 2 rings (SSSR count). The Bertz CT molecular complexity index is 328. The molecular formula is C16H34Cl2N4O. The SMILES string of the molecule is CC1CCC(C)N1CCN1CCN(C(=O)CCCN)CC1.Cl.Cl. The molecule has 0 bridgehead atoms. The highest BCUT2D eigenvalue weighted by Gasteiger charge is 2.28. The Kier molecular flexibility index (Phi) is 11.4. The number of carbonyl (C=O) groups excluding carboxylic acids is 1. The fourth-order valence-electron chi connectivity index (χ4n) is 3.58. The molecule has 0 aromatic carbocycles. The normalized spacial score (nSPS) is 25.8. The van der Waals surface area contributed by atoms with Gasteiger partial charge in [-0.15, -0.1) is 24.8 Å². The zero-order valence-electron chi connectivity index (χ0n) is 14.6. The van der Waals surface area contributed by atoms with E-state index >= 15 is 0 Å². The van der Waals surface area contributed by atoms with Crippen LogP contribution in [0.25, 0.3) is 0 Å². The maximum atomic E-state index is 12.0. The minimum atomic E-state index is 0. The summed E-state index contributed by atoms with van der Waals surface area (Å²) in [7, 11) is 0. The van der Waals surface area contributed by atoms with Crippen LogP contribution in [0.3, 0.4) is 0 Å².